The molecule has 0 fully saturated rings. The molecule has 0 radical (unpaired) electrons. The number of hydrogen-bond donors (Lipinski definition) is 1. The Morgan fingerprint density at radius 2 is 2.05 bits per heavy atom. The van der Waals surface area contributed by atoms with Crippen molar-refractivity contribution in [1.29, 1.82) is 0 Å². The Morgan fingerprint density at radius 1 is 1.32 bits per heavy atom. The summed E-state index contributed by atoms with van der Waals surface area (Å²) in [6.07, 6.45) is 0.894. The van der Waals surface area contributed by atoms with E-state index < -0.39 is 12.1 Å². The van der Waals surface area contributed by atoms with E-state index in [1.165, 1.54) is 24.6 Å². The predicted molar refractivity (Wildman–Crippen MR) is 81.6 cm³/mol. The van der Waals surface area contributed by atoms with Gasteiger partial charge >= 0.3 is 12.1 Å². The quantitative estimate of drug-likeness (QED) is 0.857. The van der Waals surface area contributed by atoms with Crippen molar-refractivity contribution >= 4 is 23.4 Å². The van der Waals surface area contributed by atoms with Crippen molar-refractivity contribution in [3.8, 4) is 0 Å². The maximum absolute atomic E-state index is 11.7. The lowest BCUT2D eigenvalue weighted by Crippen LogP contribution is -2.27. The molecule has 2 aromatic rings. The van der Waals surface area contributed by atoms with Gasteiger partial charge in [-0.3, -0.25) is 0 Å². The largest absolute Gasteiger partial charge is 0.465 e. The molecule has 0 aliphatic heterocycles. The van der Waals surface area contributed by atoms with Crippen molar-refractivity contribution in [2.75, 3.05) is 7.11 Å². The lowest BCUT2D eigenvalue weighted by molar-refractivity contribution is 0.0606. The van der Waals surface area contributed by atoms with Crippen LogP contribution in [0.5, 0.6) is 0 Å². The van der Waals surface area contributed by atoms with E-state index in [1.807, 2.05) is 30.3 Å². The van der Waals surface area contributed by atoms with Crippen molar-refractivity contribution in [1.82, 2.24) is 10.3 Å². The summed E-state index contributed by atoms with van der Waals surface area (Å²) in [6, 6.07) is 9.05. The highest BCUT2D eigenvalue weighted by Gasteiger charge is 2.17. The second kappa shape index (κ2) is 7.56. The third kappa shape index (κ3) is 4.29. The average molecular weight is 320 g/mol. The molecule has 6 nitrogen and oxygen atoms in total. The summed E-state index contributed by atoms with van der Waals surface area (Å²) >= 11 is 1.17. The van der Waals surface area contributed by atoms with E-state index in [9.17, 15) is 9.59 Å². The van der Waals surface area contributed by atoms with Gasteiger partial charge < -0.3 is 14.8 Å². The lowest BCUT2D eigenvalue weighted by Gasteiger charge is -2.11. The molecule has 0 unspecified atom stereocenters. The highest BCUT2D eigenvalue weighted by molar-refractivity contribution is 7.13. The molecule has 0 saturated carbocycles. The summed E-state index contributed by atoms with van der Waals surface area (Å²) in [5.41, 5.74) is 0.910. The number of benzene rings is 1. The van der Waals surface area contributed by atoms with E-state index in [-0.39, 0.29) is 12.6 Å². The van der Waals surface area contributed by atoms with E-state index in [0.717, 1.165) is 5.56 Å². The number of amides is 1. The van der Waals surface area contributed by atoms with Crippen LogP contribution in [0.4, 0.5) is 4.79 Å². The molecule has 1 aromatic carbocycles. The van der Waals surface area contributed by atoms with Gasteiger partial charge in [-0.05, 0) is 12.5 Å². The number of esters is 1. The van der Waals surface area contributed by atoms with Gasteiger partial charge in [-0.1, -0.05) is 30.3 Å². The minimum Gasteiger partial charge on any atom is -0.465 e. The normalized spacial score (nSPS) is 11.5. The maximum Gasteiger partial charge on any atom is 0.408 e. The van der Waals surface area contributed by atoms with Crippen molar-refractivity contribution in [2.24, 2.45) is 0 Å². The summed E-state index contributed by atoms with van der Waals surface area (Å²) in [6.45, 7) is 1.97. The van der Waals surface area contributed by atoms with Crippen molar-refractivity contribution in [3.05, 3.63) is 52.0 Å². The Bertz CT molecular complexity index is 642. The first-order valence-electron chi connectivity index (χ1n) is 6.61. The number of nitrogens with zero attached hydrogens (tertiary/aromatic N) is 1. The minimum absolute atomic E-state index is 0.199. The number of rotatable bonds is 5. The van der Waals surface area contributed by atoms with Crippen LogP contribution >= 0.6 is 11.3 Å². The number of methoxy groups -OCH3 is 1. The fraction of sp³-hybridized carbons (Fsp3) is 0.267. The Balaban J connectivity index is 1.85. The molecule has 1 amide bonds. The molecule has 0 bridgehead atoms. The van der Waals surface area contributed by atoms with E-state index in [0.29, 0.717) is 9.88 Å². The van der Waals surface area contributed by atoms with Gasteiger partial charge in [-0.2, -0.15) is 0 Å². The van der Waals surface area contributed by atoms with Gasteiger partial charge in [-0.25, -0.2) is 14.6 Å². The lowest BCUT2D eigenvalue weighted by atomic mass is 10.2. The highest BCUT2D eigenvalue weighted by atomic mass is 32.1. The molecular weight excluding hydrogens is 304 g/mol. The van der Waals surface area contributed by atoms with Gasteiger partial charge in [0.15, 0.2) is 0 Å². The third-order valence-corrected chi connectivity index (χ3v) is 3.99. The van der Waals surface area contributed by atoms with Crippen molar-refractivity contribution in [2.45, 2.75) is 19.6 Å². The zero-order chi connectivity index (χ0) is 15.9. The Labute approximate surface area is 132 Å². The number of ether oxygens (including phenoxy) is 2. The second-order valence-electron chi connectivity index (χ2n) is 4.48. The predicted octanol–water partition coefficient (Wildman–Crippen LogP) is 2.92. The van der Waals surface area contributed by atoms with Crippen LogP contribution in [0.25, 0.3) is 0 Å². The van der Waals surface area contributed by atoms with Gasteiger partial charge in [0.1, 0.15) is 16.5 Å². The van der Waals surface area contributed by atoms with E-state index in [4.69, 9.17) is 4.74 Å². The van der Waals surface area contributed by atoms with Crippen LogP contribution in [0.15, 0.2) is 36.5 Å². The molecular formula is C15H16N2O4S. The third-order valence-electron chi connectivity index (χ3n) is 2.83. The standard InChI is InChI=1S/C15H16N2O4S/c1-10(13-16-8-12(22-13)14(18)20-2)17-15(19)21-9-11-6-4-3-5-7-11/h3-8,10H,9H2,1-2H3,(H,17,19)/t10-/m1/s1. The molecule has 0 aliphatic carbocycles. The van der Waals surface area contributed by atoms with Gasteiger partial charge in [0.25, 0.3) is 0 Å². The first-order chi connectivity index (χ1) is 10.6. The molecule has 116 valence electrons. The van der Waals surface area contributed by atoms with Crippen LogP contribution in [-0.4, -0.2) is 24.2 Å². The van der Waals surface area contributed by atoms with Crippen LogP contribution in [0.2, 0.25) is 0 Å². The summed E-state index contributed by atoms with van der Waals surface area (Å²) in [4.78, 5) is 27.6. The molecule has 2 rings (SSSR count). The highest BCUT2D eigenvalue weighted by Crippen LogP contribution is 2.20. The van der Waals surface area contributed by atoms with Gasteiger partial charge in [0.2, 0.25) is 0 Å². The molecule has 0 saturated heterocycles. The number of hydrogen-bond acceptors (Lipinski definition) is 6. The van der Waals surface area contributed by atoms with E-state index >= 15 is 0 Å². The van der Waals surface area contributed by atoms with Crippen LogP contribution in [0.3, 0.4) is 0 Å². The summed E-state index contributed by atoms with van der Waals surface area (Å²) in [7, 11) is 1.31. The van der Waals surface area contributed by atoms with Gasteiger partial charge in [0, 0.05) is 0 Å². The van der Waals surface area contributed by atoms with E-state index in [1.54, 1.807) is 6.92 Å². The van der Waals surface area contributed by atoms with E-state index in [2.05, 4.69) is 15.0 Å². The molecule has 1 atom stereocenters. The second-order valence-corrected chi connectivity index (χ2v) is 5.54. The monoisotopic (exact) mass is 320 g/mol. The fourth-order valence-electron chi connectivity index (χ4n) is 1.69. The number of alkyl carbamates (subject to hydrolysis) is 1. The van der Waals surface area contributed by atoms with Crippen LogP contribution < -0.4 is 5.32 Å². The number of thiazole rings is 1. The summed E-state index contributed by atoms with van der Waals surface area (Å²) in [5.74, 6) is -0.442. The number of carbonyl (C=O) groups excluding carboxylic acids is 2. The van der Waals surface area contributed by atoms with Crippen molar-refractivity contribution in [3.63, 3.8) is 0 Å². The maximum atomic E-state index is 11.7. The number of carbonyl (C=O) groups is 2. The summed E-state index contributed by atoms with van der Waals surface area (Å²) in [5, 5.41) is 3.28. The minimum atomic E-state index is -0.536. The van der Waals surface area contributed by atoms with Gasteiger partial charge in [-0.15, -0.1) is 11.3 Å². The van der Waals surface area contributed by atoms with Gasteiger partial charge in [0.05, 0.1) is 19.3 Å². The van der Waals surface area contributed by atoms with Crippen molar-refractivity contribution < 1.29 is 19.1 Å². The molecule has 1 aromatic heterocycles. The molecule has 22 heavy (non-hydrogen) atoms. The zero-order valence-electron chi connectivity index (χ0n) is 12.2. The van der Waals surface area contributed by atoms with Crippen LogP contribution in [0, 0.1) is 0 Å². The Kier molecular flexibility index (Phi) is 5.48. The van der Waals surface area contributed by atoms with Crippen LogP contribution in [-0.2, 0) is 16.1 Å². The molecule has 1 heterocycles. The Morgan fingerprint density at radius 3 is 2.73 bits per heavy atom. The number of nitrogens with one attached hydrogen (secondary N) is 1. The Hall–Kier alpha value is -2.41. The smallest absolute Gasteiger partial charge is 0.408 e. The molecule has 0 aliphatic rings. The first kappa shape index (κ1) is 16.0. The number of aromatic nitrogens is 1. The first-order valence-corrected chi connectivity index (χ1v) is 7.43. The molecule has 1 N–H and O–H groups in total. The zero-order valence-corrected chi connectivity index (χ0v) is 13.1. The average Bonchev–Trinajstić information content (AvgIpc) is 3.03. The molecule has 0 spiro atoms. The SMILES string of the molecule is COC(=O)c1cnc([C@@H](C)NC(=O)OCc2ccccc2)s1. The molecule has 7 heteroatoms. The summed E-state index contributed by atoms with van der Waals surface area (Å²) < 4.78 is 9.75. The topological polar surface area (TPSA) is 77.5 Å². The van der Waals surface area contributed by atoms with Crippen LogP contribution in [0.1, 0.15) is 33.2 Å². The fourth-order valence-corrected chi connectivity index (χ4v) is 2.52.